The Labute approximate surface area is 181 Å². The Balaban J connectivity index is 2.33. The summed E-state index contributed by atoms with van der Waals surface area (Å²) >= 11 is 0. The van der Waals surface area contributed by atoms with E-state index in [4.69, 9.17) is 4.74 Å². The van der Waals surface area contributed by atoms with Crippen molar-refractivity contribution in [2.24, 2.45) is 29.6 Å². The molecule has 1 aliphatic heterocycles. The zero-order valence-corrected chi connectivity index (χ0v) is 17.7. The summed E-state index contributed by atoms with van der Waals surface area (Å²) in [5.41, 5.74) is 0. The molecule has 0 bridgehead atoms. The van der Waals surface area contributed by atoms with Crippen molar-refractivity contribution in [3.05, 3.63) is 0 Å². The summed E-state index contributed by atoms with van der Waals surface area (Å²) in [6.07, 6.45) is -13.6. The number of carboxylic acids is 1. The number of aliphatic carboxylic acids is 1. The third kappa shape index (κ3) is 6.28. The minimum Gasteiger partial charge on any atom is -0.481 e. The van der Waals surface area contributed by atoms with E-state index in [-0.39, 0.29) is 38.2 Å². The van der Waals surface area contributed by atoms with Crippen molar-refractivity contribution in [2.75, 3.05) is 6.61 Å². The Bertz CT molecular complexity index is 700. The Kier molecular flexibility index (Phi) is 8.09. The number of carboxylic acid groups (broad SMARTS) is 1. The molecule has 0 spiro atoms. The molecule has 12 heteroatoms. The van der Waals surface area contributed by atoms with Crippen LogP contribution in [0.2, 0.25) is 0 Å². The molecule has 1 saturated heterocycles. The molecule has 0 aromatic carbocycles. The van der Waals surface area contributed by atoms with Gasteiger partial charge in [-0.1, -0.05) is 13.8 Å². The molecule has 2 fully saturated rings. The minimum absolute atomic E-state index is 0.164. The van der Waals surface area contributed by atoms with Gasteiger partial charge in [0, 0.05) is 6.42 Å². The molecule has 1 heterocycles. The molecule has 2 aliphatic rings. The van der Waals surface area contributed by atoms with Crippen LogP contribution in [0, 0.1) is 29.6 Å². The molecule has 2 unspecified atom stereocenters. The number of alkyl halides is 6. The molecule has 1 N–H and O–H groups in total. The second-order valence-electron chi connectivity index (χ2n) is 8.87. The van der Waals surface area contributed by atoms with E-state index >= 15 is 0 Å². The highest BCUT2D eigenvalue weighted by atomic mass is 19.4. The van der Waals surface area contributed by atoms with E-state index in [1.54, 1.807) is 13.8 Å². The molecule has 3 atom stereocenters. The van der Waals surface area contributed by atoms with Crippen LogP contribution in [0.3, 0.4) is 0 Å². The maximum Gasteiger partial charge on any atom is 0.416 e. The molecule has 32 heavy (non-hydrogen) atoms. The topological polar surface area (TPSA) is 83.9 Å². The monoisotopic (exact) mass is 475 g/mol. The quantitative estimate of drug-likeness (QED) is 0.523. The lowest BCUT2D eigenvalue weighted by Gasteiger charge is -2.37. The van der Waals surface area contributed by atoms with E-state index in [1.165, 1.54) is 0 Å². The van der Waals surface area contributed by atoms with Crippen molar-refractivity contribution < 1.29 is 50.6 Å². The van der Waals surface area contributed by atoms with Crippen molar-refractivity contribution in [1.29, 1.82) is 0 Å². The zero-order valence-electron chi connectivity index (χ0n) is 17.7. The van der Waals surface area contributed by atoms with Crippen LogP contribution in [0.1, 0.15) is 52.4 Å². The van der Waals surface area contributed by atoms with Crippen LogP contribution in [0.25, 0.3) is 0 Å². The normalized spacial score (nSPS) is 26.7. The third-order valence-corrected chi connectivity index (χ3v) is 6.43. The van der Waals surface area contributed by atoms with Gasteiger partial charge >= 0.3 is 24.4 Å². The average molecular weight is 475 g/mol. The van der Waals surface area contributed by atoms with Crippen molar-refractivity contribution >= 4 is 18.0 Å². The van der Waals surface area contributed by atoms with E-state index in [1.807, 2.05) is 0 Å². The van der Waals surface area contributed by atoms with Crippen molar-refractivity contribution in [3.63, 3.8) is 0 Å². The average Bonchev–Trinajstić information content (AvgIpc) is 3.04. The second-order valence-corrected chi connectivity index (χ2v) is 8.87. The van der Waals surface area contributed by atoms with Crippen LogP contribution in [-0.4, -0.2) is 53.0 Å². The molecule has 2 rings (SSSR count). The number of cyclic esters (lactones) is 1. The van der Waals surface area contributed by atoms with E-state index in [9.17, 15) is 45.8 Å². The smallest absolute Gasteiger partial charge is 0.416 e. The first-order chi connectivity index (χ1) is 14.6. The van der Waals surface area contributed by atoms with E-state index in [2.05, 4.69) is 0 Å². The molecule has 1 saturated carbocycles. The molecule has 6 nitrogen and oxygen atoms in total. The fourth-order valence-corrected chi connectivity index (χ4v) is 4.64. The lowest BCUT2D eigenvalue weighted by Crippen LogP contribution is -2.49. The number of carbonyl (C=O) groups is 3. The van der Waals surface area contributed by atoms with E-state index in [0.29, 0.717) is 4.90 Å². The van der Waals surface area contributed by atoms with Crippen LogP contribution in [0.15, 0.2) is 0 Å². The number of rotatable bonds is 7. The lowest BCUT2D eigenvalue weighted by atomic mass is 9.70. The number of imide groups is 1. The number of amides is 2. The van der Waals surface area contributed by atoms with Crippen LogP contribution in [-0.2, 0) is 14.3 Å². The van der Waals surface area contributed by atoms with Gasteiger partial charge in [-0.25, -0.2) is 9.69 Å². The van der Waals surface area contributed by atoms with Crippen LogP contribution in [0.5, 0.6) is 0 Å². The van der Waals surface area contributed by atoms with Gasteiger partial charge in [0.1, 0.15) is 6.61 Å². The molecular formula is C20H27F6NO5. The Morgan fingerprint density at radius 3 is 2.09 bits per heavy atom. The van der Waals surface area contributed by atoms with Gasteiger partial charge in [-0.3, -0.25) is 9.59 Å². The van der Waals surface area contributed by atoms with Gasteiger partial charge in [-0.05, 0) is 43.9 Å². The molecule has 2 amide bonds. The van der Waals surface area contributed by atoms with Gasteiger partial charge in [0.05, 0.1) is 23.8 Å². The second kappa shape index (κ2) is 9.86. The zero-order chi connectivity index (χ0) is 24.4. The van der Waals surface area contributed by atoms with Crippen LogP contribution >= 0.6 is 0 Å². The van der Waals surface area contributed by atoms with Crippen molar-refractivity contribution in [1.82, 2.24) is 4.90 Å². The van der Waals surface area contributed by atoms with E-state index < -0.39 is 72.9 Å². The first-order valence-corrected chi connectivity index (χ1v) is 10.5. The SMILES string of the molecule is CC(C)[C@H]1COC(=O)N1C(=O)C(CCC(F)(F)F)C(C(=O)O)C1CCC(C(F)(F)F)CC1. The Morgan fingerprint density at radius 2 is 1.66 bits per heavy atom. The summed E-state index contributed by atoms with van der Waals surface area (Å²) in [5, 5.41) is 9.79. The van der Waals surface area contributed by atoms with Gasteiger partial charge in [-0.15, -0.1) is 0 Å². The number of carbonyl (C=O) groups excluding carboxylic acids is 2. The highest BCUT2D eigenvalue weighted by molar-refractivity contribution is 5.96. The highest BCUT2D eigenvalue weighted by Gasteiger charge is 2.50. The van der Waals surface area contributed by atoms with Gasteiger partial charge in [-0.2, -0.15) is 26.3 Å². The molecule has 0 radical (unpaired) electrons. The van der Waals surface area contributed by atoms with Gasteiger partial charge < -0.3 is 9.84 Å². The number of hydrogen-bond acceptors (Lipinski definition) is 4. The Hall–Kier alpha value is -2.01. The number of nitrogens with zero attached hydrogens (tertiary/aromatic N) is 1. The number of halogens is 6. The summed E-state index contributed by atoms with van der Waals surface area (Å²) in [7, 11) is 0. The lowest BCUT2D eigenvalue weighted by molar-refractivity contribution is -0.186. The molecular weight excluding hydrogens is 448 g/mol. The van der Waals surface area contributed by atoms with Crippen molar-refractivity contribution in [2.45, 2.75) is 70.8 Å². The van der Waals surface area contributed by atoms with Gasteiger partial charge in [0.15, 0.2) is 0 Å². The molecule has 1 aliphatic carbocycles. The standard InChI is InChI=1S/C20H27F6NO5/c1-10(2)14-9-32-18(31)27(14)16(28)13(7-8-19(21,22)23)15(17(29)30)11-3-5-12(6-4-11)20(24,25)26/h10-15H,3-9H2,1-2H3,(H,29,30)/t11?,12?,13?,14-,15?/m1/s1. The molecule has 184 valence electrons. The van der Waals surface area contributed by atoms with E-state index in [0.717, 1.165) is 0 Å². The van der Waals surface area contributed by atoms with Crippen molar-refractivity contribution in [3.8, 4) is 0 Å². The highest BCUT2D eigenvalue weighted by Crippen LogP contribution is 2.45. The Morgan fingerprint density at radius 1 is 1.09 bits per heavy atom. The summed E-state index contributed by atoms with van der Waals surface area (Å²) < 4.78 is 82.6. The predicted molar refractivity (Wildman–Crippen MR) is 98.2 cm³/mol. The number of hydrogen-bond donors (Lipinski definition) is 1. The first-order valence-electron chi connectivity index (χ1n) is 10.5. The summed E-state index contributed by atoms with van der Waals surface area (Å²) in [5.74, 6) is -8.82. The molecule has 0 aromatic heterocycles. The van der Waals surface area contributed by atoms with Gasteiger partial charge in [0.25, 0.3) is 0 Å². The van der Waals surface area contributed by atoms with Gasteiger partial charge in [0.2, 0.25) is 5.91 Å². The largest absolute Gasteiger partial charge is 0.481 e. The fraction of sp³-hybridized carbons (Fsp3) is 0.850. The van der Waals surface area contributed by atoms with Crippen LogP contribution < -0.4 is 0 Å². The fourth-order valence-electron chi connectivity index (χ4n) is 4.64. The maximum absolute atomic E-state index is 13.2. The first kappa shape index (κ1) is 26.2. The molecule has 0 aromatic rings. The predicted octanol–water partition coefficient (Wildman–Crippen LogP) is 5.02. The summed E-state index contributed by atoms with van der Waals surface area (Å²) in [4.78, 5) is 38.1. The van der Waals surface area contributed by atoms with Crippen LogP contribution in [0.4, 0.5) is 31.1 Å². The third-order valence-electron chi connectivity index (χ3n) is 6.43. The maximum atomic E-state index is 13.2. The summed E-state index contributed by atoms with van der Waals surface area (Å²) in [6, 6.07) is -0.765. The number of ether oxygens (including phenoxy) is 1. The summed E-state index contributed by atoms with van der Waals surface area (Å²) in [6.45, 7) is 3.18. The minimum atomic E-state index is -4.68.